The molecule has 0 aliphatic rings. The molecule has 8 heteroatoms. The molecule has 0 spiro atoms. The van der Waals surface area contributed by atoms with Gasteiger partial charge in [0.1, 0.15) is 23.8 Å². The van der Waals surface area contributed by atoms with Gasteiger partial charge in [-0.15, -0.1) is 0 Å². The van der Waals surface area contributed by atoms with E-state index >= 15 is 0 Å². The van der Waals surface area contributed by atoms with E-state index in [1.807, 2.05) is 61.5 Å². The Labute approximate surface area is 183 Å². The van der Waals surface area contributed by atoms with E-state index in [1.54, 1.807) is 6.92 Å². The number of hydrogen-bond donors (Lipinski definition) is 0. The summed E-state index contributed by atoms with van der Waals surface area (Å²) in [5.41, 5.74) is 2.76. The molecule has 2 aromatic carbocycles. The summed E-state index contributed by atoms with van der Waals surface area (Å²) < 4.78 is 44.5. The van der Waals surface area contributed by atoms with Crippen LogP contribution in [-0.2, 0) is 32.1 Å². The molecule has 3 aromatic rings. The highest BCUT2D eigenvalue weighted by Gasteiger charge is 2.12. The van der Waals surface area contributed by atoms with Crippen molar-refractivity contribution >= 4 is 10.1 Å². The Morgan fingerprint density at radius 1 is 1.03 bits per heavy atom. The van der Waals surface area contributed by atoms with Crippen LogP contribution in [0.2, 0.25) is 0 Å². The highest BCUT2D eigenvalue weighted by molar-refractivity contribution is 7.86. The topological polar surface area (TPSA) is 87.9 Å². The lowest BCUT2D eigenvalue weighted by Gasteiger charge is -2.07. The normalized spacial score (nSPS) is 11.5. The number of oxazole rings is 1. The molecule has 0 bridgehead atoms. The Balaban J connectivity index is 1.45. The first-order valence-corrected chi connectivity index (χ1v) is 11.7. The lowest BCUT2D eigenvalue weighted by Crippen LogP contribution is -2.14. The average Bonchev–Trinajstić information content (AvgIpc) is 3.16. The highest BCUT2D eigenvalue weighted by Crippen LogP contribution is 2.23. The maximum absolute atomic E-state index is 11.6. The second kappa shape index (κ2) is 11.1. The van der Waals surface area contributed by atoms with E-state index in [-0.39, 0.29) is 6.61 Å². The van der Waals surface area contributed by atoms with Crippen LogP contribution in [-0.4, -0.2) is 32.6 Å². The zero-order valence-electron chi connectivity index (χ0n) is 17.7. The van der Waals surface area contributed by atoms with Gasteiger partial charge in [-0.2, -0.15) is 8.42 Å². The molecule has 166 valence electrons. The predicted octanol–water partition coefficient (Wildman–Crippen LogP) is 4.50. The highest BCUT2D eigenvalue weighted by atomic mass is 32.2. The van der Waals surface area contributed by atoms with Gasteiger partial charge in [0.25, 0.3) is 10.1 Å². The first-order chi connectivity index (χ1) is 15.0. The van der Waals surface area contributed by atoms with Gasteiger partial charge in [0.2, 0.25) is 5.89 Å². The van der Waals surface area contributed by atoms with E-state index < -0.39 is 16.1 Å². The van der Waals surface area contributed by atoms with Crippen LogP contribution < -0.4 is 4.74 Å². The van der Waals surface area contributed by atoms with Crippen molar-refractivity contribution in [1.82, 2.24) is 4.98 Å². The van der Waals surface area contributed by atoms with Gasteiger partial charge in [-0.25, -0.2) is 4.98 Å². The molecule has 3 rings (SSSR count). The van der Waals surface area contributed by atoms with Crippen LogP contribution in [0.4, 0.5) is 0 Å². The fourth-order valence-electron chi connectivity index (χ4n) is 2.85. The minimum absolute atomic E-state index is 0.128. The van der Waals surface area contributed by atoms with Gasteiger partial charge in [0, 0.05) is 12.2 Å². The monoisotopic (exact) mass is 445 g/mol. The van der Waals surface area contributed by atoms with Crippen LogP contribution >= 0.6 is 0 Å². The van der Waals surface area contributed by atoms with Gasteiger partial charge in [-0.05, 0) is 56.5 Å². The van der Waals surface area contributed by atoms with Crippen molar-refractivity contribution < 1.29 is 26.5 Å². The van der Waals surface area contributed by atoms with E-state index in [0.717, 1.165) is 28.3 Å². The molecule has 0 atom stereocenters. The van der Waals surface area contributed by atoms with Gasteiger partial charge in [-0.3, -0.25) is 4.18 Å². The molecule has 31 heavy (non-hydrogen) atoms. The fourth-order valence-corrected chi connectivity index (χ4v) is 3.66. The Hall–Kier alpha value is -2.68. The van der Waals surface area contributed by atoms with Crippen molar-refractivity contribution in [3.05, 3.63) is 71.6 Å². The number of aromatic nitrogens is 1. The number of rotatable bonds is 12. The molecule has 0 unspecified atom stereocenters. The summed E-state index contributed by atoms with van der Waals surface area (Å²) in [6.45, 7) is 4.38. The Morgan fingerprint density at radius 2 is 1.77 bits per heavy atom. The lowest BCUT2D eigenvalue weighted by molar-refractivity contribution is 0.177. The number of nitrogens with zero attached hydrogens (tertiary/aromatic N) is 1. The quantitative estimate of drug-likeness (QED) is 0.299. The molecule has 0 aliphatic heterocycles. The van der Waals surface area contributed by atoms with Crippen LogP contribution in [0.25, 0.3) is 11.5 Å². The van der Waals surface area contributed by atoms with Crippen molar-refractivity contribution in [3.63, 3.8) is 0 Å². The van der Waals surface area contributed by atoms with Crippen molar-refractivity contribution in [3.8, 4) is 17.2 Å². The van der Waals surface area contributed by atoms with Gasteiger partial charge in [-0.1, -0.05) is 30.3 Å². The second-order valence-electron chi connectivity index (χ2n) is 6.91. The molecule has 1 aromatic heterocycles. The molecule has 0 N–H and O–H groups in total. The average molecular weight is 446 g/mol. The third-order valence-electron chi connectivity index (χ3n) is 4.52. The van der Waals surface area contributed by atoms with E-state index in [1.165, 1.54) is 0 Å². The Bertz CT molecular complexity index is 1050. The van der Waals surface area contributed by atoms with Crippen LogP contribution in [0.1, 0.15) is 30.4 Å². The fraction of sp³-hybridized carbons (Fsp3) is 0.348. The number of hydrogen-bond acceptors (Lipinski definition) is 7. The van der Waals surface area contributed by atoms with E-state index in [0.29, 0.717) is 31.9 Å². The molecule has 1 heterocycles. The third-order valence-corrected chi connectivity index (χ3v) is 5.50. The first-order valence-electron chi connectivity index (χ1n) is 10.1. The zero-order chi connectivity index (χ0) is 22.1. The van der Waals surface area contributed by atoms with E-state index in [2.05, 4.69) is 4.98 Å². The molecular weight excluding hydrogens is 418 g/mol. The van der Waals surface area contributed by atoms with Gasteiger partial charge in [0.05, 0.1) is 6.61 Å². The lowest BCUT2D eigenvalue weighted by atomic mass is 10.1. The first kappa shape index (κ1) is 23.0. The predicted molar refractivity (Wildman–Crippen MR) is 117 cm³/mol. The van der Waals surface area contributed by atoms with E-state index in [9.17, 15) is 8.42 Å². The van der Waals surface area contributed by atoms with Crippen molar-refractivity contribution in [2.45, 2.75) is 33.3 Å². The molecule has 0 amide bonds. The SMILES string of the molecule is CCOCS(=O)(=O)OCCCc1ccc(OCc2nc(-c3ccccc3)oc2C)cc1. The Morgan fingerprint density at radius 3 is 2.48 bits per heavy atom. The molecule has 0 radical (unpaired) electrons. The summed E-state index contributed by atoms with van der Waals surface area (Å²) in [4.78, 5) is 4.54. The zero-order valence-corrected chi connectivity index (χ0v) is 18.6. The maximum atomic E-state index is 11.6. The summed E-state index contributed by atoms with van der Waals surface area (Å²) in [5.74, 6) is 1.63. The van der Waals surface area contributed by atoms with Crippen LogP contribution in [0.5, 0.6) is 5.75 Å². The van der Waals surface area contributed by atoms with Gasteiger partial charge in [0.15, 0.2) is 5.94 Å². The summed E-state index contributed by atoms with van der Waals surface area (Å²) in [6, 6.07) is 17.4. The molecule has 0 saturated carbocycles. The minimum atomic E-state index is -3.61. The van der Waals surface area contributed by atoms with Crippen LogP contribution in [0.15, 0.2) is 59.0 Å². The third kappa shape index (κ3) is 7.20. The molecular formula is C23H27NO6S. The van der Waals surface area contributed by atoms with Gasteiger partial charge >= 0.3 is 0 Å². The molecule has 7 nitrogen and oxygen atoms in total. The molecule has 0 fully saturated rings. The van der Waals surface area contributed by atoms with E-state index in [4.69, 9.17) is 18.1 Å². The maximum Gasteiger partial charge on any atom is 0.291 e. The number of benzene rings is 2. The largest absolute Gasteiger partial charge is 0.487 e. The molecule has 0 saturated heterocycles. The number of ether oxygens (including phenoxy) is 2. The standard InChI is InChI=1S/C23H27NO6S/c1-3-27-17-31(25,26)29-15-7-8-19-11-13-21(14-12-19)28-16-22-18(2)30-23(24-22)20-9-5-4-6-10-20/h4-6,9-14H,3,7-8,15-17H2,1-2H3. The summed E-state index contributed by atoms with van der Waals surface area (Å²) in [6.07, 6.45) is 1.29. The van der Waals surface area contributed by atoms with Crippen molar-refractivity contribution in [2.75, 3.05) is 19.2 Å². The molecule has 0 aliphatic carbocycles. The Kier molecular flexibility index (Phi) is 8.22. The number of aryl methyl sites for hydroxylation is 2. The smallest absolute Gasteiger partial charge is 0.291 e. The van der Waals surface area contributed by atoms with Crippen molar-refractivity contribution in [1.29, 1.82) is 0 Å². The second-order valence-corrected chi connectivity index (χ2v) is 8.50. The minimum Gasteiger partial charge on any atom is -0.487 e. The van der Waals surface area contributed by atoms with Crippen molar-refractivity contribution in [2.24, 2.45) is 0 Å². The van der Waals surface area contributed by atoms with Crippen LogP contribution in [0.3, 0.4) is 0 Å². The van der Waals surface area contributed by atoms with Gasteiger partial charge < -0.3 is 13.9 Å². The summed E-state index contributed by atoms with van der Waals surface area (Å²) in [7, 11) is -3.61. The summed E-state index contributed by atoms with van der Waals surface area (Å²) >= 11 is 0. The van der Waals surface area contributed by atoms with Crippen LogP contribution in [0, 0.1) is 6.92 Å². The summed E-state index contributed by atoms with van der Waals surface area (Å²) in [5, 5.41) is 0.